The third-order valence-electron chi connectivity index (χ3n) is 3.31. The van der Waals surface area contributed by atoms with E-state index in [2.05, 4.69) is 33.7 Å². The van der Waals surface area contributed by atoms with Gasteiger partial charge in [-0.2, -0.15) is 15.0 Å². The summed E-state index contributed by atoms with van der Waals surface area (Å²) in [5, 5.41) is 0. The highest BCUT2D eigenvalue weighted by molar-refractivity contribution is 5.35. The normalized spacial score (nSPS) is 17.6. The van der Waals surface area contributed by atoms with E-state index < -0.39 is 0 Å². The molecule has 2 heterocycles. The van der Waals surface area contributed by atoms with E-state index >= 15 is 0 Å². The molecule has 5 nitrogen and oxygen atoms in total. The molecule has 0 radical (unpaired) electrons. The Morgan fingerprint density at radius 1 is 0.944 bits per heavy atom. The molecule has 0 aromatic carbocycles. The molecule has 1 fully saturated rings. The van der Waals surface area contributed by atoms with E-state index in [0.717, 1.165) is 24.9 Å². The quantitative estimate of drug-likeness (QED) is 0.871. The highest BCUT2D eigenvalue weighted by atomic mass is 15.3. The summed E-state index contributed by atoms with van der Waals surface area (Å²) in [7, 11) is 0. The molecule has 0 saturated carbocycles. The van der Waals surface area contributed by atoms with E-state index in [0.29, 0.717) is 5.95 Å². The molecular weight excluding hydrogens is 226 g/mol. The minimum absolute atomic E-state index is 0.281. The molecule has 0 atom stereocenters. The van der Waals surface area contributed by atoms with Crippen molar-refractivity contribution in [2.75, 3.05) is 23.7 Å². The van der Waals surface area contributed by atoms with Crippen LogP contribution in [0.1, 0.15) is 57.7 Å². The smallest absolute Gasteiger partial charge is 0.230 e. The molecule has 1 aromatic rings. The fraction of sp³-hybridized carbons (Fsp3) is 0.769. The minimum atomic E-state index is 0.281. The lowest BCUT2D eigenvalue weighted by Crippen LogP contribution is -2.29. The molecule has 18 heavy (non-hydrogen) atoms. The van der Waals surface area contributed by atoms with Gasteiger partial charge < -0.3 is 10.6 Å². The lowest BCUT2D eigenvalue weighted by molar-refractivity contribution is 0.548. The zero-order valence-electron chi connectivity index (χ0n) is 11.4. The topological polar surface area (TPSA) is 67.9 Å². The fourth-order valence-corrected chi connectivity index (χ4v) is 2.24. The van der Waals surface area contributed by atoms with Crippen molar-refractivity contribution in [3.63, 3.8) is 0 Å². The number of nitrogens with two attached hydrogens (primary N) is 1. The van der Waals surface area contributed by atoms with Crippen molar-refractivity contribution in [2.24, 2.45) is 0 Å². The molecular formula is C13H23N5. The van der Waals surface area contributed by atoms with Crippen molar-refractivity contribution in [1.29, 1.82) is 0 Å². The summed E-state index contributed by atoms with van der Waals surface area (Å²) >= 11 is 0. The highest BCUT2D eigenvalue weighted by Crippen LogP contribution is 2.18. The predicted molar refractivity (Wildman–Crippen MR) is 73.6 cm³/mol. The Morgan fingerprint density at radius 3 is 2.17 bits per heavy atom. The summed E-state index contributed by atoms with van der Waals surface area (Å²) in [6.45, 7) is 6.21. The zero-order chi connectivity index (χ0) is 13.0. The van der Waals surface area contributed by atoms with E-state index in [-0.39, 0.29) is 5.92 Å². The number of hydrogen-bond acceptors (Lipinski definition) is 5. The maximum atomic E-state index is 5.78. The van der Waals surface area contributed by atoms with Gasteiger partial charge in [0.15, 0.2) is 0 Å². The second-order valence-corrected chi connectivity index (χ2v) is 5.26. The van der Waals surface area contributed by atoms with Gasteiger partial charge in [-0.15, -0.1) is 0 Å². The Kier molecular flexibility index (Phi) is 4.33. The van der Waals surface area contributed by atoms with E-state index in [1.165, 1.54) is 32.1 Å². The van der Waals surface area contributed by atoms with Crippen LogP contribution in [-0.2, 0) is 0 Å². The van der Waals surface area contributed by atoms with Crippen LogP contribution >= 0.6 is 0 Å². The first-order chi connectivity index (χ1) is 8.66. The highest BCUT2D eigenvalue weighted by Gasteiger charge is 2.15. The Morgan fingerprint density at radius 2 is 1.56 bits per heavy atom. The standard InChI is InChI=1S/C13H23N5/c1-10(2)11-15-12(14)17-13(16-11)18-8-6-4-3-5-7-9-18/h10H,3-9H2,1-2H3,(H2,14,15,16,17). The number of anilines is 2. The molecule has 1 aliphatic heterocycles. The van der Waals surface area contributed by atoms with Gasteiger partial charge in [0.2, 0.25) is 11.9 Å². The molecule has 0 unspecified atom stereocenters. The number of nitrogens with zero attached hydrogens (tertiary/aromatic N) is 4. The lowest BCUT2D eigenvalue weighted by Gasteiger charge is -2.25. The maximum absolute atomic E-state index is 5.78. The molecule has 1 saturated heterocycles. The Balaban J connectivity index is 2.19. The third kappa shape index (κ3) is 3.31. The summed E-state index contributed by atoms with van der Waals surface area (Å²) in [5.41, 5.74) is 5.78. The second kappa shape index (κ2) is 5.98. The molecule has 0 aliphatic carbocycles. The van der Waals surface area contributed by atoms with Crippen LogP contribution in [0.4, 0.5) is 11.9 Å². The van der Waals surface area contributed by atoms with E-state index in [9.17, 15) is 0 Å². The molecule has 100 valence electrons. The van der Waals surface area contributed by atoms with Crippen LogP contribution in [0.2, 0.25) is 0 Å². The van der Waals surface area contributed by atoms with Gasteiger partial charge in [-0.05, 0) is 12.8 Å². The Labute approximate surface area is 109 Å². The molecule has 0 amide bonds. The average Bonchev–Trinajstić information content (AvgIpc) is 2.27. The third-order valence-corrected chi connectivity index (χ3v) is 3.31. The van der Waals surface area contributed by atoms with Crippen molar-refractivity contribution in [1.82, 2.24) is 15.0 Å². The second-order valence-electron chi connectivity index (χ2n) is 5.26. The van der Waals surface area contributed by atoms with Gasteiger partial charge in [0.1, 0.15) is 5.82 Å². The predicted octanol–water partition coefficient (Wildman–Crippen LogP) is 2.35. The monoisotopic (exact) mass is 249 g/mol. The molecule has 1 aromatic heterocycles. The van der Waals surface area contributed by atoms with E-state index in [1.807, 2.05) is 0 Å². The van der Waals surface area contributed by atoms with Crippen molar-refractivity contribution in [3.8, 4) is 0 Å². The molecule has 1 aliphatic rings. The van der Waals surface area contributed by atoms with E-state index in [4.69, 9.17) is 5.73 Å². The maximum Gasteiger partial charge on any atom is 0.230 e. The van der Waals surface area contributed by atoms with E-state index in [1.54, 1.807) is 0 Å². The first kappa shape index (κ1) is 13.1. The lowest BCUT2D eigenvalue weighted by atomic mass is 10.1. The molecule has 0 bridgehead atoms. The first-order valence-electron chi connectivity index (χ1n) is 6.93. The van der Waals surface area contributed by atoms with Gasteiger partial charge >= 0.3 is 0 Å². The van der Waals surface area contributed by atoms with Crippen LogP contribution in [0.3, 0.4) is 0 Å². The van der Waals surface area contributed by atoms with Crippen LogP contribution in [-0.4, -0.2) is 28.0 Å². The Bertz CT molecular complexity index is 383. The van der Waals surface area contributed by atoms with Gasteiger partial charge in [0, 0.05) is 19.0 Å². The summed E-state index contributed by atoms with van der Waals surface area (Å²) in [4.78, 5) is 15.3. The van der Waals surface area contributed by atoms with Crippen molar-refractivity contribution in [3.05, 3.63) is 5.82 Å². The van der Waals surface area contributed by atoms with Crippen LogP contribution in [0.5, 0.6) is 0 Å². The fourth-order valence-electron chi connectivity index (χ4n) is 2.24. The van der Waals surface area contributed by atoms with Gasteiger partial charge in [0.25, 0.3) is 0 Å². The molecule has 5 heteroatoms. The summed E-state index contributed by atoms with van der Waals surface area (Å²) in [6.07, 6.45) is 6.37. The average molecular weight is 249 g/mol. The van der Waals surface area contributed by atoms with Gasteiger partial charge in [-0.1, -0.05) is 33.1 Å². The van der Waals surface area contributed by atoms with Crippen LogP contribution in [0, 0.1) is 0 Å². The van der Waals surface area contributed by atoms with Crippen LogP contribution in [0.25, 0.3) is 0 Å². The molecule has 0 spiro atoms. The number of hydrogen-bond donors (Lipinski definition) is 1. The number of rotatable bonds is 2. The molecule has 2 rings (SSSR count). The number of aromatic nitrogens is 3. The summed E-state index contributed by atoms with van der Waals surface area (Å²) < 4.78 is 0. The van der Waals surface area contributed by atoms with Gasteiger partial charge in [-0.25, -0.2) is 0 Å². The van der Waals surface area contributed by atoms with Crippen LogP contribution in [0.15, 0.2) is 0 Å². The van der Waals surface area contributed by atoms with Crippen molar-refractivity contribution < 1.29 is 0 Å². The SMILES string of the molecule is CC(C)c1nc(N)nc(N2CCCCCCC2)n1. The van der Waals surface area contributed by atoms with Crippen molar-refractivity contribution in [2.45, 2.75) is 51.9 Å². The van der Waals surface area contributed by atoms with Gasteiger partial charge in [0.05, 0.1) is 0 Å². The zero-order valence-corrected chi connectivity index (χ0v) is 11.4. The molecule has 2 N–H and O–H groups in total. The van der Waals surface area contributed by atoms with Crippen LogP contribution < -0.4 is 10.6 Å². The Hall–Kier alpha value is -1.39. The largest absolute Gasteiger partial charge is 0.368 e. The minimum Gasteiger partial charge on any atom is -0.368 e. The first-order valence-corrected chi connectivity index (χ1v) is 6.93. The summed E-state index contributed by atoms with van der Waals surface area (Å²) in [6, 6.07) is 0. The van der Waals surface area contributed by atoms with Crippen molar-refractivity contribution >= 4 is 11.9 Å². The number of nitrogen functional groups attached to an aromatic ring is 1. The van der Waals surface area contributed by atoms with Gasteiger partial charge in [-0.3, -0.25) is 0 Å². The summed E-state index contributed by atoms with van der Waals surface area (Å²) in [5.74, 6) is 2.17.